The average molecular weight is 714 g/mol. The molecule has 5 rings (SSSR count). The molecule has 3 aromatic heterocycles. The van der Waals surface area contributed by atoms with E-state index in [-0.39, 0.29) is 22.4 Å². The van der Waals surface area contributed by atoms with Crippen LogP contribution in [0, 0.1) is 0 Å². The minimum Gasteiger partial charge on any atom is -0.544 e. The summed E-state index contributed by atoms with van der Waals surface area (Å²) < 4.78 is 6.49. The van der Waals surface area contributed by atoms with E-state index in [2.05, 4.69) is 88.7 Å². The summed E-state index contributed by atoms with van der Waals surface area (Å²) in [5.74, 6) is 1.14. The Morgan fingerprint density at radius 3 is 2.10 bits per heavy atom. The number of aromatic nitrogens is 2. The highest BCUT2D eigenvalue weighted by atomic mass is 32.1. The number of carbonyl (C=O) groups is 1. The van der Waals surface area contributed by atoms with E-state index in [1.165, 1.54) is 4.88 Å². The second kappa shape index (κ2) is 13.8. The number of nitrogens with zero attached hydrogens (tertiary/aromatic N) is 2. The van der Waals surface area contributed by atoms with Gasteiger partial charge >= 0.3 is 0 Å². The molecule has 10 heteroatoms. The fraction of sp³-hybridized carbons (Fsp3) is 0.342. The lowest BCUT2D eigenvalue weighted by Crippen LogP contribution is -2.43. The van der Waals surface area contributed by atoms with Crippen molar-refractivity contribution in [2.24, 2.45) is 0 Å². The molecule has 0 aliphatic carbocycles. The zero-order valence-corrected chi connectivity index (χ0v) is 33.1. The van der Waals surface area contributed by atoms with Gasteiger partial charge in [-0.2, -0.15) is 0 Å². The standard InChI is InChI=1S/C38H47N3O3S2Si2/c1-37(2,3)48(8,9)44-29-18-16-28(17-19-29)30-25-39-36(35(40-30)33-21-20-32(46-33)31-11-10-22-45-31)41-34(42)23-26-12-14-27(15-13-26)24-38(4,5)47(6,7)43/h10-22,25,43H,23-24H2,1-9H3,(H,39,41,42). The molecule has 2 aromatic carbocycles. The van der Waals surface area contributed by atoms with E-state index in [9.17, 15) is 9.59 Å². The smallest absolute Gasteiger partial charge is 0.250 e. The van der Waals surface area contributed by atoms with Crippen LogP contribution in [0.2, 0.25) is 36.3 Å². The third-order valence-electron chi connectivity index (χ3n) is 9.65. The lowest BCUT2D eigenvalue weighted by molar-refractivity contribution is -0.115. The maximum atomic E-state index is 13.4. The second-order valence-electron chi connectivity index (χ2n) is 15.1. The molecule has 0 saturated carbocycles. The number of carbonyl (C=O) groups excluding carboxylic acids is 1. The Balaban J connectivity index is 1.38. The normalized spacial score (nSPS) is 12.6. The summed E-state index contributed by atoms with van der Waals surface area (Å²) >= 11 is 3.33. The van der Waals surface area contributed by atoms with Crippen molar-refractivity contribution in [2.45, 2.75) is 83.7 Å². The first-order valence-electron chi connectivity index (χ1n) is 16.3. The zero-order chi connectivity index (χ0) is 34.9. The molecule has 1 amide bonds. The van der Waals surface area contributed by atoms with Gasteiger partial charge in [0.1, 0.15) is 11.4 Å². The lowest BCUT2D eigenvalue weighted by atomic mass is 10.00. The minimum absolute atomic E-state index is 0.106. The topological polar surface area (TPSA) is 84.3 Å². The largest absolute Gasteiger partial charge is 0.544 e. The molecule has 0 fully saturated rings. The molecule has 0 bridgehead atoms. The van der Waals surface area contributed by atoms with Gasteiger partial charge < -0.3 is 14.5 Å². The van der Waals surface area contributed by atoms with Gasteiger partial charge in [0.25, 0.3) is 0 Å². The Hall–Kier alpha value is -3.42. The zero-order valence-electron chi connectivity index (χ0n) is 29.5. The number of amides is 1. The molecule has 0 saturated heterocycles. The Labute approximate surface area is 295 Å². The van der Waals surface area contributed by atoms with Crippen LogP contribution in [0.25, 0.3) is 31.6 Å². The molecule has 6 nitrogen and oxygen atoms in total. The molecule has 2 N–H and O–H groups in total. The third-order valence-corrected chi connectivity index (χ3v) is 19.7. The average Bonchev–Trinajstić information content (AvgIpc) is 3.70. The number of rotatable bonds is 11. The molecule has 0 radical (unpaired) electrons. The Bertz CT molecular complexity index is 1850. The number of anilines is 1. The molecule has 0 spiro atoms. The third kappa shape index (κ3) is 8.41. The van der Waals surface area contributed by atoms with Gasteiger partial charge in [0, 0.05) is 15.3 Å². The first-order chi connectivity index (χ1) is 22.4. The van der Waals surface area contributed by atoms with E-state index in [1.807, 2.05) is 55.6 Å². The number of nitrogens with one attached hydrogen (secondary N) is 1. The van der Waals surface area contributed by atoms with Crippen molar-refractivity contribution in [1.29, 1.82) is 0 Å². The molecular weight excluding hydrogens is 667 g/mol. The highest BCUT2D eigenvalue weighted by Crippen LogP contribution is 2.41. The summed E-state index contributed by atoms with van der Waals surface area (Å²) in [6.45, 7) is 19.4. The molecular formula is C38H47N3O3S2Si2. The molecule has 0 aliphatic heterocycles. The summed E-state index contributed by atoms with van der Waals surface area (Å²) in [7, 11) is -4.28. The Morgan fingerprint density at radius 2 is 1.50 bits per heavy atom. The quantitative estimate of drug-likeness (QED) is 0.133. The SMILES string of the molecule is CC(C)(Cc1ccc(CC(=O)Nc2ncc(-c3ccc(O[Si](C)(C)C(C)(C)C)cc3)nc2-c2ccc(-c3cccs3)s2)cc1)[Si](C)(C)O. The molecule has 0 aliphatic rings. The predicted octanol–water partition coefficient (Wildman–Crippen LogP) is 10.7. The summed E-state index contributed by atoms with van der Waals surface area (Å²) in [6.07, 6.45) is 2.73. The van der Waals surface area contributed by atoms with Crippen LogP contribution in [0.4, 0.5) is 5.82 Å². The van der Waals surface area contributed by atoms with Gasteiger partial charge in [0.2, 0.25) is 14.2 Å². The predicted molar refractivity (Wildman–Crippen MR) is 208 cm³/mol. The van der Waals surface area contributed by atoms with Gasteiger partial charge in [-0.25, -0.2) is 9.97 Å². The maximum absolute atomic E-state index is 13.4. The van der Waals surface area contributed by atoms with E-state index < -0.39 is 16.6 Å². The van der Waals surface area contributed by atoms with E-state index in [0.717, 1.165) is 44.3 Å². The van der Waals surface area contributed by atoms with Crippen LogP contribution in [-0.2, 0) is 17.6 Å². The summed E-state index contributed by atoms with van der Waals surface area (Å²) in [4.78, 5) is 37.1. The van der Waals surface area contributed by atoms with Gasteiger partial charge in [0.05, 0.1) is 23.2 Å². The highest BCUT2D eigenvalue weighted by Gasteiger charge is 2.39. The van der Waals surface area contributed by atoms with Crippen molar-refractivity contribution in [3.05, 3.63) is 95.5 Å². The van der Waals surface area contributed by atoms with Crippen molar-refractivity contribution in [3.63, 3.8) is 0 Å². The Kier molecular flexibility index (Phi) is 10.3. The van der Waals surface area contributed by atoms with Gasteiger partial charge in [0.15, 0.2) is 14.1 Å². The monoisotopic (exact) mass is 713 g/mol. The number of benzene rings is 2. The number of hydrogen-bond donors (Lipinski definition) is 2. The first-order valence-corrected chi connectivity index (χ1v) is 23.9. The van der Waals surface area contributed by atoms with E-state index >= 15 is 0 Å². The van der Waals surface area contributed by atoms with Crippen molar-refractivity contribution in [1.82, 2.24) is 9.97 Å². The first kappa shape index (κ1) is 35.9. The van der Waals surface area contributed by atoms with Crippen molar-refractivity contribution in [3.8, 4) is 37.3 Å². The fourth-order valence-corrected chi connectivity index (χ4v) is 8.31. The summed E-state index contributed by atoms with van der Waals surface area (Å²) in [5, 5.41) is 5.08. The van der Waals surface area contributed by atoms with Crippen molar-refractivity contribution >= 4 is 51.0 Å². The lowest BCUT2D eigenvalue weighted by Gasteiger charge is -2.36. The second-order valence-corrected chi connectivity index (χ2v) is 26.4. The van der Waals surface area contributed by atoms with Gasteiger partial charge in [-0.15, -0.1) is 22.7 Å². The van der Waals surface area contributed by atoms with E-state index in [0.29, 0.717) is 11.5 Å². The van der Waals surface area contributed by atoms with Gasteiger partial charge in [-0.1, -0.05) is 65.0 Å². The van der Waals surface area contributed by atoms with Crippen LogP contribution in [0.5, 0.6) is 5.75 Å². The molecule has 48 heavy (non-hydrogen) atoms. The van der Waals surface area contributed by atoms with E-state index in [1.54, 1.807) is 28.9 Å². The van der Waals surface area contributed by atoms with Crippen molar-refractivity contribution < 1.29 is 14.0 Å². The molecule has 0 unspecified atom stereocenters. The maximum Gasteiger partial charge on any atom is 0.250 e. The highest BCUT2D eigenvalue weighted by molar-refractivity contribution is 7.23. The van der Waals surface area contributed by atoms with Crippen LogP contribution in [0.1, 0.15) is 45.7 Å². The number of hydrogen-bond acceptors (Lipinski definition) is 7. The summed E-state index contributed by atoms with van der Waals surface area (Å²) in [6, 6.07) is 24.5. The van der Waals surface area contributed by atoms with Gasteiger partial charge in [-0.3, -0.25) is 4.79 Å². The fourth-order valence-electron chi connectivity index (χ4n) is 4.81. The van der Waals surface area contributed by atoms with Crippen molar-refractivity contribution in [2.75, 3.05) is 5.32 Å². The van der Waals surface area contributed by atoms with Crippen LogP contribution in [-0.4, -0.2) is 37.3 Å². The Morgan fingerprint density at radius 1 is 0.854 bits per heavy atom. The van der Waals surface area contributed by atoms with Crippen LogP contribution in [0.15, 0.2) is 84.4 Å². The molecule has 3 heterocycles. The minimum atomic E-state index is -2.32. The van der Waals surface area contributed by atoms with E-state index in [4.69, 9.17) is 14.4 Å². The van der Waals surface area contributed by atoms with Gasteiger partial charge in [-0.05, 0) is 102 Å². The number of thiophene rings is 2. The van der Waals surface area contributed by atoms with Crippen LogP contribution in [0.3, 0.4) is 0 Å². The molecule has 5 aromatic rings. The van der Waals surface area contributed by atoms with Crippen LogP contribution >= 0.6 is 22.7 Å². The summed E-state index contributed by atoms with van der Waals surface area (Å²) in [5.41, 5.74) is 4.36. The van der Waals surface area contributed by atoms with Crippen LogP contribution < -0.4 is 9.74 Å². The molecule has 252 valence electrons. The molecule has 0 atom stereocenters.